The van der Waals surface area contributed by atoms with Crippen LogP contribution in [0.5, 0.6) is 0 Å². The van der Waals surface area contributed by atoms with E-state index in [-0.39, 0.29) is 0 Å². The first-order valence-electron chi connectivity index (χ1n) is 6.29. The van der Waals surface area contributed by atoms with Crippen LogP contribution in [0.3, 0.4) is 0 Å². The average Bonchev–Trinajstić information content (AvgIpc) is 3.07. The molecule has 0 spiro atoms. The number of rotatable bonds is 4. The number of aryl methyl sites for hydroxylation is 1. The minimum atomic E-state index is 0.791. The molecular formula is C13H17N5. The van der Waals surface area contributed by atoms with Crippen molar-refractivity contribution in [3.05, 3.63) is 24.3 Å². The molecule has 0 aromatic carbocycles. The van der Waals surface area contributed by atoms with Gasteiger partial charge in [-0.15, -0.1) is 0 Å². The van der Waals surface area contributed by atoms with Crippen molar-refractivity contribution in [2.75, 3.05) is 12.4 Å². The number of nitrogens with one attached hydrogen (secondary N) is 1. The largest absolute Gasteiger partial charge is 0.373 e. The van der Waals surface area contributed by atoms with Gasteiger partial charge in [0.05, 0.1) is 11.9 Å². The molecule has 1 fully saturated rings. The summed E-state index contributed by atoms with van der Waals surface area (Å²) in [5.41, 5.74) is 1.98. The highest BCUT2D eigenvalue weighted by atomic mass is 15.2. The van der Waals surface area contributed by atoms with Crippen LogP contribution < -0.4 is 5.32 Å². The number of hydrogen-bond acceptors (Lipinski definition) is 4. The molecule has 0 amide bonds. The van der Waals surface area contributed by atoms with E-state index in [1.54, 1.807) is 4.68 Å². The fourth-order valence-electron chi connectivity index (χ4n) is 2.00. The lowest BCUT2D eigenvalue weighted by Crippen LogP contribution is -2.02. The first-order chi connectivity index (χ1) is 8.74. The van der Waals surface area contributed by atoms with Crippen molar-refractivity contribution in [1.82, 2.24) is 19.7 Å². The molecule has 94 valence electrons. The highest BCUT2D eigenvalue weighted by molar-refractivity contribution is 5.60. The van der Waals surface area contributed by atoms with Gasteiger partial charge < -0.3 is 5.32 Å². The van der Waals surface area contributed by atoms with Crippen LogP contribution in [0.2, 0.25) is 0 Å². The molecule has 0 atom stereocenters. The average molecular weight is 243 g/mol. The molecule has 1 N–H and O–H groups in total. The summed E-state index contributed by atoms with van der Waals surface area (Å²) in [4.78, 5) is 9.16. The van der Waals surface area contributed by atoms with Crippen molar-refractivity contribution in [3.63, 3.8) is 0 Å². The number of anilines is 1. The standard InChI is InChI=1S/C13H17N5/c1-14-12-6-11(10-7-15-18(2)8-10)16-13(17-12)5-9-3-4-9/h6-9H,3-5H2,1-2H3,(H,14,16,17). The van der Waals surface area contributed by atoms with Crippen LogP contribution in [-0.2, 0) is 13.5 Å². The van der Waals surface area contributed by atoms with E-state index in [1.807, 2.05) is 32.6 Å². The Morgan fingerprint density at radius 1 is 1.39 bits per heavy atom. The van der Waals surface area contributed by atoms with Crippen molar-refractivity contribution in [1.29, 1.82) is 0 Å². The number of nitrogens with zero attached hydrogens (tertiary/aromatic N) is 4. The summed E-state index contributed by atoms with van der Waals surface area (Å²) >= 11 is 0. The van der Waals surface area contributed by atoms with Crippen LogP contribution in [0.4, 0.5) is 5.82 Å². The number of aromatic nitrogens is 4. The summed E-state index contributed by atoms with van der Waals surface area (Å²) in [5, 5.41) is 7.29. The van der Waals surface area contributed by atoms with E-state index >= 15 is 0 Å². The van der Waals surface area contributed by atoms with Crippen molar-refractivity contribution < 1.29 is 0 Å². The topological polar surface area (TPSA) is 55.6 Å². The molecule has 1 aliphatic carbocycles. The smallest absolute Gasteiger partial charge is 0.131 e. The predicted molar refractivity (Wildman–Crippen MR) is 70.2 cm³/mol. The Hall–Kier alpha value is -1.91. The SMILES string of the molecule is CNc1cc(-c2cnn(C)c2)nc(CC2CC2)n1. The van der Waals surface area contributed by atoms with Gasteiger partial charge in [0, 0.05) is 38.3 Å². The third kappa shape index (κ3) is 2.34. The van der Waals surface area contributed by atoms with Crippen molar-refractivity contribution in [3.8, 4) is 11.3 Å². The summed E-state index contributed by atoms with van der Waals surface area (Å²) in [6.45, 7) is 0. The van der Waals surface area contributed by atoms with Crippen LogP contribution in [0.1, 0.15) is 18.7 Å². The van der Waals surface area contributed by atoms with Crippen molar-refractivity contribution >= 4 is 5.82 Å². The van der Waals surface area contributed by atoms with Crippen molar-refractivity contribution in [2.24, 2.45) is 13.0 Å². The molecule has 1 saturated carbocycles. The minimum absolute atomic E-state index is 0.791. The first-order valence-corrected chi connectivity index (χ1v) is 6.29. The van der Waals surface area contributed by atoms with E-state index in [4.69, 9.17) is 0 Å². The van der Waals surface area contributed by atoms with Gasteiger partial charge in [-0.1, -0.05) is 0 Å². The van der Waals surface area contributed by atoms with Gasteiger partial charge in [-0.2, -0.15) is 5.10 Å². The molecule has 3 rings (SSSR count). The summed E-state index contributed by atoms with van der Waals surface area (Å²) in [7, 11) is 3.80. The van der Waals surface area contributed by atoms with Crippen molar-refractivity contribution in [2.45, 2.75) is 19.3 Å². The fraction of sp³-hybridized carbons (Fsp3) is 0.462. The van der Waals surface area contributed by atoms with Gasteiger partial charge in [0.25, 0.3) is 0 Å². The van der Waals surface area contributed by atoms with Crippen LogP contribution in [0.15, 0.2) is 18.5 Å². The van der Waals surface area contributed by atoms with Gasteiger partial charge in [0.15, 0.2) is 0 Å². The van der Waals surface area contributed by atoms with E-state index in [9.17, 15) is 0 Å². The van der Waals surface area contributed by atoms with Gasteiger partial charge in [-0.3, -0.25) is 4.68 Å². The maximum absolute atomic E-state index is 4.64. The summed E-state index contributed by atoms with van der Waals surface area (Å²) in [6, 6.07) is 1.97. The van der Waals surface area contributed by atoms with Gasteiger partial charge >= 0.3 is 0 Å². The Bertz CT molecular complexity index is 556. The monoisotopic (exact) mass is 243 g/mol. The molecule has 1 aliphatic rings. The zero-order valence-electron chi connectivity index (χ0n) is 10.7. The van der Waals surface area contributed by atoms with Gasteiger partial charge in [-0.25, -0.2) is 9.97 Å². The van der Waals surface area contributed by atoms with Crippen LogP contribution in [-0.4, -0.2) is 26.8 Å². The molecule has 18 heavy (non-hydrogen) atoms. The third-order valence-corrected chi connectivity index (χ3v) is 3.20. The summed E-state index contributed by atoms with van der Waals surface area (Å²) < 4.78 is 1.79. The molecule has 2 heterocycles. The Balaban J connectivity index is 1.96. The van der Waals surface area contributed by atoms with Crippen LogP contribution in [0, 0.1) is 5.92 Å². The third-order valence-electron chi connectivity index (χ3n) is 3.20. The minimum Gasteiger partial charge on any atom is -0.373 e. The highest BCUT2D eigenvalue weighted by Gasteiger charge is 2.23. The Morgan fingerprint density at radius 2 is 2.22 bits per heavy atom. The molecule has 2 aromatic rings. The molecular weight excluding hydrogens is 226 g/mol. The maximum atomic E-state index is 4.64. The lowest BCUT2D eigenvalue weighted by atomic mass is 10.2. The van der Waals surface area contributed by atoms with E-state index < -0.39 is 0 Å². The zero-order valence-corrected chi connectivity index (χ0v) is 10.7. The molecule has 2 aromatic heterocycles. The Morgan fingerprint density at radius 3 is 2.83 bits per heavy atom. The van der Waals surface area contributed by atoms with Crippen LogP contribution in [0.25, 0.3) is 11.3 Å². The van der Waals surface area contributed by atoms with Crippen LogP contribution >= 0.6 is 0 Å². The second kappa shape index (κ2) is 4.40. The fourth-order valence-corrected chi connectivity index (χ4v) is 2.00. The van der Waals surface area contributed by atoms with Gasteiger partial charge in [0.2, 0.25) is 0 Å². The molecule has 0 unspecified atom stereocenters. The van der Waals surface area contributed by atoms with E-state index in [0.29, 0.717) is 0 Å². The van der Waals surface area contributed by atoms with E-state index in [1.165, 1.54) is 12.8 Å². The second-order valence-electron chi connectivity index (χ2n) is 4.85. The molecule has 0 bridgehead atoms. The molecule has 5 nitrogen and oxygen atoms in total. The van der Waals surface area contributed by atoms with Gasteiger partial charge in [-0.05, 0) is 18.8 Å². The second-order valence-corrected chi connectivity index (χ2v) is 4.85. The quantitative estimate of drug-likeness (QED) is 0.890. The normalized spacial score (nSPS) is 14.8. The lowest BCUT2D eigenvalue weighted by molar-refractivity contribution is 0.767. The van der Waals surface area contributed by atoms with Gasteiger partial charge in [0.1, 0.15) is 11.6 Å². The summed E-state index contributed by atoms with van der Waals surface area (Å²) in [6.07, 6.45) is 7.43. The Kier molecular flexibility index (Phi) is 2.74. The molecule has 0 saturated heterocycles. The molecule has 5 heteroatoms. The lowest BCUT2D eigenvalue weighted by Gasteiger charge is -2.06. The highest BCUT2D eigenvalue weighted by Crippen LogP contribution is 2.32. The Labute approximate surface area is 106 Å². The predicted octanol–water partition coefficient (Wildman–Crippen LogP) is 1.87. The van der Waals surface area contributed by atoms with E-state index in [2.05, 4.69) is 20.4 Å². The molecule has 0 radical (unpaired) electrons. The van der Waals surface area contributed by atoms with E-state index in [0.717, 1.165) is 35.2 Å². The molecule has 0 aliphatic heterocycles. The summed E-state index contributed by atoms with van der Waals surface area (Å²) in [5.74, 6) is 2.60. The zero-order chi connectivity index (χ0) is 12.5. The first kappa shape index (κ1) is 11.2. The maximum Gasteiger partial charge on any atom is 0.131 e. The number of hydrogen-bond donors (Lipinski definition) is 1.